The van der Waals surface area contributed by atoms with Crippen molar-refractivity contribution in [2.24, 2.45) is 0 Å². The standard InChI is InChI=1S/C12H13FO4/c1-15-11(14)6-10-7-16-12(17-10)8-2-4-9(13)5-3-8/h2-5,10,12H,6-7H2,1H3. The van der Waals surface area contributed by atoms with Gasteiger partial charge in [0.2, 0.25) is 0 Å². The predicted molar refractivity (Wildman–Crippen MR) is 56.6 cm³/mol. The molecule has 2 atom stereocenters. The Labute approximate surface area is 98.3 Å². The number of benzene rings is 1. The molecular formula is C12H13FO4. The van der Waals surface area contributed by atoms with Crippen molar-refractivity contribution < 1.29 is 23.4 Å². The highest BCUT2D eigenvalue weighted by Crippen LogP contribution is 2.28. The maximum absolute atomic E-state index is 12.7. The number of hydrogen-bond acceptors (Lipinski definition) is 4. The Balaban J connectivity index is 1.93. The van der Waals surface area contributed by atoms with Gasteiger partial charge < -0.3 is 14.2 Å². The molecule has 1 saturated heterocycles. The first-order chi connectivity index (χ1) is 8.19. The summed E-state index contributed by atoms with van der Waals surface area (Å²) in [6.45, 7) is 0.330. The van der Waals surface area contributed by atoms with Crippen LogP contribution < -0.4 is 0 Å². The van der Waals surface area contributed by atoms with Crippen molar-refractivity contribution in [2.75, 3.05) is 13.7 Å². The molecule has 1 fully saturated rings. The maximum atomic E-state index is 12.7. The van der Waals surface area contributed by atoms with Gasteiger partial charge in [0.1, 0.15) is 5.82 Å². The number of methoxy groups -OCH3 is 1. The zero-order valence-corrected chi connectivity index (χ0v) is 9.39. The molecule has 0 N–H and O–H groups in total. The first-order valence-corrected chi connectivity index (χ1v) is 5.28. The summed E-state index contributed by atoms with van der Waals surface area (Å²) in [6.07, 6.45) is -0.684. The number of rotatable bonds is 3. The zero-order valence-electron chi connectivity index (χ0n) is 9.39. The molecular weight excluding hydrogens is 227 g/mol. The van der Waals surface area contributed by atoms with E-state index in [-0.39, 0.29) is 24.3 Å². The van der Waals surface area contributed by atoms with Crippen molar-refractivity contribution in [2.45, 2.75) is 18.8 Å². The van der Waals surface area contributed by atoms with Gasteiger partial charge >= 0.3 is 5.97 Å². The maximum Gasteiger partial charge on any atom is 0.308 e. The zero-order chi connectivity index (χ0) is 12.3. The minimum atomic E-state index is -0.537. The van der Waals surface area contributed by atoms with Crippen molar-refractivity contribution in [1.82, 2.24) is 0 Å². The summed E-state index contributed by atoms with van der Waals surface area (Å²) < 4.78 is 28.2. The van der Waals surface area contributed by atoms with Crippen molar-refractivity contribution in [3.05, 3.63) is 35.6 Å². The summed E-state index contributed by atoms with van der Waals surface area (Å²) in [7, 11) is 1.33. The fourth-order valence-electron chi connectivity index (χ4n) is 1.62. The second-order valence-corrected chi connectivity index (χ2v) is 3.76. The Morgan fingerprint density at radius 1 is 1.47 bits per heavy atom. The Kier molecular flexibility index (Phi) is 3.71. The molecule has 0 bridgehead atoms. The third kappa shape index (κ3) is 3.01. The van der Waals surface area contributed by atoms with Crippen molar-refractivity contribution >= 4 is 5.97 Å². The molecule has 2 unspecified atom stereocenters. The van der Waals surface area contributed by atoms with Crippen LogP contribution >= 0.6 is 0 Å². The number of esters is 1. The second-order valence-electron chi connectivity index (χ2n) is 3.76. The second kappa shape index (κ2) is 5.25. The highest BCUT2D eigenvalue weighted by Gasteiger charge is 2.29. The molecule has 2 rings (SSSR count). The van der Waals surface area contributed by atoms with Gasteiger partial charge in [0, 0.05) is 5.56 Å². The first kappa shape index (κ1) is 12.0. The molecule has 0 amide bonds. The van der Waals surface area contributed by atoms with E-state index in [0.29, 0.717) is 6.61 Å². The van der Waals surface area contributed by atoms with Crippen molar-refractivity contribution in [3.8, 4) is 0 Å². The van der Waals surface area contributed by atoms with Crippen LogP contribution in [0.2, 0.25) is 0 Å². The van der Waals surface area contributed by atoms with Crippen LogP contribution in [0.5, 0.6) is 0 Å². The van der Waals surface area contributed by atoms with Gasteiger partial charge in [0.25, 0.3) is 0 Å². The Bertz CT molecular complexity index is 390. The topological polar surface area (TPSA) is 44.8 Å². The Morgan fingerprint density at radius 2 is 2.18 bits per heavy atom. The van der Waals surface area contributed by atoms with Crippen molar-refractivity contribution in [1.29, 1.82) is 0 Å². The van der Waals surface area contributed by atoms with E-state index in [1.54, 1.807) is 12.1 Å². The van der Waals surface area contributed by atoms with Gasteiger partial charge in [-0.3, -0.25) is 4.79 Å². The lowest BCUT2D eigenvalue weighted by Gasteiger charge is -2.10. The average Bonchev–Trinajstić information content (AvgIpc) is 2.78. The molecule has 0 aliphatic carbocycles. The van der Waals surface area contributed by atoms with E-state index in [2.05, 4.69) is 4.74 Å². The summed E-state index contributed by atoms with van der Waals surface area (Å²) in [6, 6.07) is 5.88. The minimum absolute atomic E-state index is 0.161. The fourth-order valence-corrected chi connectivity index (χ4v) is 1.62. The van der Waals surface area contributed by atoms with Gasteiger partial charge in [-0.05, 0) is 12.1 Å². The number of hydrogen-bond donors (Lipinski definition) is 0. The van der Waals surface area contributed by atoms with E-state index in [0.717, 1.165) is 5.56 Å². The lowest BCUT2D eigenvalue weighted by atomic mass is 10.2. The number of carbonyl (C=O) groups excluding carboxylic acids is 1. The molecule has 1 aliphatic rings. The summed E-state index contributed by atoms with van der Waals surface area (Å²) in [5.74, 6) is -0.642. The molecule has 92 valence electrons. The summed E-state index contributed by atoms with van der Waals surface area (Å²) in [4.78, 5) is 11.0. The fraction of sp³-hybridized carbons (Fsp3) is 0.417. The van der Waals surface area contributed by atoms with Gasteiger partial charge in [0.15, 0.2) is 6.29 Å². The van der Waals surface area contributed by atoms with E-state index in [4.69, 9.17) is 9.47 Å². The average molecular weight is 240 g/mol. The summed E-state index contributed by atoms with van der Waals surface area (Å²) in [5.41, 5.74) is 0.735. The van der Waals surface area contributed by atoms with Gasteiger partial charge in [-0.1, -0.05) is 12.1 Å². The van der Waals surface area contributed by atoms with E-state index in [9.17, 15) is 9.18 Å². The molecule has 1 aromatic rings. The molecule has 17 heavy (non-hydrogen) atoms. The largest absolute Gasteiger partial charge is 0.469 e. The number of ether oxygens (including phenoxy) is 3. The monoisotopic (exact) mass is 240 g/mol. The van der Waals surface area contributed by atoms with Crippen LogP contribution in [0.25, 0.3) is 0 Å². The molecule has 0 radical (unpaired) electrons. The molecule has 4 nitrogen and oxygen atoms in total. The van der Waals surface area contributed by atoms with E-state index in [1.165, 1.54) is 19.2 Å². The molecule has 5 heteroatoms. The van der Waals surface area contributed by atoms with E-state index >= 15 is 0 Å². The van der Waals surface area contributed by atoms with Crippen LogP contribution in [0, 0.1) is 5.82 Å². The van der Waals surface area contributed by atoms with Gasteiger partial charge in [0.05, 0.1) is 26.2 Å². The van der Waals surface area contributed by atoms with E-state index in [1.807, 2.05) is 0 Å². The highest BCUT2D eigenvalue weighted by atomic mass is 19.1. The molecule has 1 heterocycles. The lowest BCUT2D eigenvalue weighted by Crippen LogP contribution is -2.16. The first-order valence-electron chi connectivity index (χ1n) is 5.28. The smallest absolute Gasteiger partial charge is 0.308 e. The Hall–Kier alpha value is -1.46. The van der Waals surface area contributed by atoms with Crippen LogP contribution in [0.15, 0.2) is 24.3 Å². The number of halogens is 1. The highest BCUT2D eigenvalue weighted by molar-refractivity contribution is 5.69. The van der Waals surface area contributed by atoms with Gasteiger partial charge in [-0.25, -0.2) is 4.39 Å². The molecule has 0 aromatic heterocycles. The molecule has 0 spiro atoms. The van der Waals surface area contributed by atoms with E-state index < -0.39 is 6.29 Å². The third-order valence-electron chi connectivity index (χ3n) is 2.51. The molecule has 1 aromatic carbocycles. The SMILES string of the molecule is COC(=O)CC1COC(c2ccc(F)cc2)O1. The van der Waals surface area contributed by atoms with Crippen LogP contribution in [0.1, 0.15) is 18.3 Å². The predicted octanol–water partition coefficient (Wildman–Crippen LogP) is 1.80. The van der Waals surface area contributed by atoms with Gasteiger partial charge in [-0.2, -0.15) is 0 Å². The normalized spacial score (nSPS) is 23.6. The third-order valence-corrected chi connectivity index (χ3v) is 2.51. The lowest BCUT2D eigenvalue weighted by molar-refractivity contribution is -0.143. The van der Waals surface area contributed by atoms with Crippen LogP contribution in [-0.4, -0.2) is 25.8 Å². The quantitative estimate of drug-likeness (QED) is 0.756. The van der Waals surface area contributed by atoms with Crippen LogP contribution in [0.3, 0.4) is 0 Å². The minimum Gasteiger partial charge on any atom is -0.469 e. The summed E-state index contributed by atoms with van der Waals surface area (Å²) in [5, 5.41) is 0. The molecule has 1 aliphatic heterocycles. The van der Waals surface area contributed by atoms with Gasteiger partial charge in [-0.15, -0.1) is 0 Å². The van der Waals surface area contributed by atoms with Crippen molar-refractivity contribution in [3.63, 3.8) is 0 Å². The summed E-state index contributed by atoms with van der Waals surface area (Å²) >= 11 is 0. The van der Waals surface area contributed by atoms with Crippen LogP contribution in [-0.2, 0) is 19.0 Å². The number of carbonyl (C=O) groups is 1. The van der Waals surface area contributed by atoms with Crippen LogP contribution in [0.4, 0.5) is 4.39 Å². The Morgan fingerprint density at radius 3 is 2.82 bits per heavy atom. The molecule has 0 saturated carbocycles.